The number of allylic oxidation sites excluding steroid dienone is 1. The van der Waals surface area contributed by atoms with Crippen LogP contribution in [-0.4, -0.2) is 16.5 Å². The van der Waals surface area contributed by atoms with Gasteiger partial charge in [0.05, 0.1) is 0 Å². The molecule has 2 atom stereocenters. The Morgan fingerprint density at radius 1 is 1.29 bits per heavy atom. The van der Waals surface area contributed by atoms with Crippen molar-refractivity contribution >= 4 is 0 Å². The minimum atomic E-state index is 0.440. The SMILES string of the molecule is CCCC/C=C/N1[C@H]2CCC[C@]1(C)CC2(C)C. The predicted molar refractivity (Wildman–Crippen MR) is 74.9 cm³/mol. The molecule has 2 heterocycles. The van der Waals surface area contributed by atoms with Crippen molar-refractivity contribution in [2.24, 2.45) is 5.41 Å². The summed E-state index contributed by atoms with van der Waals surface area (Å²) >= 11 is 0. The second kappa shape index (κ2) is 4.66. The topological polar surface area (TPSA) is 3.24 Å². The third-order valence-corrected chi connectivity index (χ3v) is 4.88. The van der Waals surface area contributed by atoms with E-state index in [1.807, 2.05) is 0 Å². The highest BCUT2D eigenvalue weighted by Gasteiger charge is 2.53. The molecule has 0 saturated carbocycles. The molecule has 0 N–H and O–H groups in total. The van der Waals surface area contributed by atoms with Crippen LogP contribution in [0.25, 0.3) is 0 Å². The van der Waals surface area contributed by atoms with Crippen LogP contribution in [0.3, 0.4) is 0 Å². The van der Waals surface area contributed by atoms with Crippen LogP contribution in [-0.2, 0) is 0 Å². The lowest BCUT2D eigenvalue weighted by molar-refractivity contribution is 0.109. The third-order valence-electron chi connectivity index (χ3n) is 4.88. The van der Waals surface area contributed by atoms with Crippen molar-refractivity contribution in [1.82, 2.24) is 4.90 Å². The molecule has 0 aromatic heterocycles. The molecule has 1 heteroatoms. The molecule has 0 spiro atoms. The average Bonchev–Trinajstić information content (AvgIpc) is 2.35. The number of unbranched alkanes of at least 4 members (excludes halogenated alkanes) is 2. The maximum Gasteiger partial charge on any atom is 0.0377 e. The molecule has 2 saturated heterocycles. The Hall–Kier alpha value is -0.460. The summed E-state index contributed by atoms with van der Waals surface area (Å²) in [5, 5.41) is 0. The Labute approximate surface area is 107 Å². The zero-order valence-corrected chi connectivity index (χ0v) is 12.1. The van der Waals surface area contributed by atoms with E-state index in [2.05, 4.69) is 44.9 Å². The van der Waals surface area contributed by atoms with Crippen molar-refractivity contribution in [1.29, 1.82) is 0 Å². The fourth-order valence-electron chi connectivity index (χ4n) is 4.16. The Morgan fingerprint density at radius 3 is 2.71 bits per heavy atom. The van der Waals surface area contributed by atoms with Crippen LogP contribution in [0.4, 0.5) is 0 Å². The summed E-state index contributed by atoms with van der Waals surface area (Å²) in [7, 11) is 0. The first-order valence-corrected chi connectivity index (χ1v) is 7.45. The second-order valence-corrected chi connectivity index (χ2v) is 7.00. The lowest BCUT2D eigenvalue weighted by atomic mass is 9.82. The van der Waals surface area contributed by atoms with E-state index in [0.29, 0.717) is 11.0 Å². The Balaban J connectivity index is 2.08. The smallest absolute Gasteiger partial charge is 0.0377 e. The van der Waals surface area contributed by atoms with Crippen LogP contribution in [0.2, 0.25) is 0 Å². The van der Waals surface area contributed by atoms with Crippen molar-refractivity contribution in [2.45, 2.75) is 84.2 Å². The van der Waals surface area contributed by atoms with Crippen LogP contribution in [0, 0.1) is 5.41 Å². The van der Waals surface area contributed by atoms with Crippen molar-refractivity contribution in [2.75, 3.05) is 0 Å². The number of nitrogens with zero attached hydrogens (tertiary/aromatic N) is 1. The van der Waals surface area contributed by atoms with E-state index < -0.39 is 0 Å². The molecule has 2 bridgehead atoms. The van der Waals surface area contributed by atoms with Crippen LogP contribution in [0.1, 0.15) is 72.6 Å². The summed E-state index contributed by atoms with van der Waals surface area (Å²) in [6, 6.07) is 0.777. The molecule has 0 aromatic rings. The zero-order valence-electron chi connectivity index (χ0n) is 12.1. The number of hydrogen-bond donors (Lipinski definition) is 0. The van der Waals surface area contributed by atoms with Gasteiger partial charge >= 0.3 is 0 Å². The summed E-state index contributed by atoms with van der Waals surface area (Å²) in [6.45, 7) is 9.66. The highest BCUT2D eigenvalue weighted by atomic mass is 15.3. The molecule has 2 aliphatic rings. The lowest BCUT2D eigenvalue weighted by Gasteiger charge is -2.43. The fourth-order valence-corrected chi connectivity index (χ4v) is 4.16. The maximum atomic E-state index is 2.70. The fraction of sp³-hybridized carbons (Fsp3) is 0.875. The third kappa shape index (κ3) is 2.39. The first-order valence-electron chi connectivity index (χ1n) is 7.45. The van der Waals surface area contributed by atoms with Crippen molar-refractivity contribution in [3.63, 3.8) is 0 Å². The Morgan fingerprint density at radius 2 is 2.06 bits per heavy atom. The largest absolute Gasteiger partial charge is 0.369 e. The highest BCUT2D eigenvalue weighted by molar-refractivity contribution is 5.12. The van der Waals surface area contributed by atoms with Crippen molar-refractivity contribution in [3.05, 3.63) is 12.3 Å². The van der Waals surface area contributed by atoms with Gasteiger partial charge < -0.3 is 4.90 Å². The summed E-state index contributed by atoms with van der Waals surface area (Å²) in [4.78, 5) is 2.70. The van der Waals surface area contributed by atoms with Gasteiger partial charge in [0.15, 0.2) is 0 Å². The van der Waals surface area contributed by atoms with Gasteiger partial charge in [0, 0.05) is 11.6 Å². The second-order valence-electron chi connectivity index (χ2n) is 7.00. The molecule has 0 radical (unpaired) electrons. The molecule has 17 heavy (non-hydrogen) atoms. The van der Waals surface area contributed by atoms with E-state index in [4.69, 9.17) is 0 Å². The van der Waals surface area contributed by atoms with Crippen molar-refractivity contribution < 1.29 is 0 Å². The van der Waals surface area contributed by atoms with Crippen LogP contribution in [0.5, 0.6) is 0 Å². The quantitative estimate of drug-likeness (QED) is 0.637. The van der Waals surface area contributed by atoms with Gasteiger partial charge in [-0.2, -0.15) is 0 Å². The minimum Gasteiger partial charge on any atom is -0.369 e. The van der Waals surface area contributed by atoms with E-state index >= 15 is 0 Å². The Bertz CT molecular complexity index is 292. The molecular weight excluding hydrogens is 206 g/mol. The molecule has 0 unspecified atom stereocenters. The summed E-state index contributed by atoms with van der Waals surface area (Å²) in [6.07, 6.45) is 14.3. The van der Waals surface area contributed by atoms with E-state index in [0.717, 1.165) is 6.04 Å². The highest BCUT2D eigenvalue weighted by Crippen LogP contribution is 2.53. The van der Waals surface area contributed by atoms with Gasteiger partial charge in [-0.3, -0.25) is 0 Å². The van der Waals surface area contributed by atoms with Crippen LogP contribution >= 0.6 is 0 Å². The van der Waals surface area contributed by atoms with Gasteiger partial charge in [-0.1, -0.05) is 39.7 Å². The molecule has 2 rings (SSSR count). The van der Waals surface area contributed by atoms with Crippen LogP contribution in [0.15, 0.2) is 12.3 Å². The van der Waals surface area contributed by atoms with E-state index in [-0.39, 0.29) is 0 Å². The van der Waals surface area contributed by atoms with Gasteiger partial charge in [0.25, 0.3) is 0 Å². The van der Waals surface area contributed by atoms with E-state index in [1.165, 1.54) is 44.9 Å². The average molecular weight is 235 g/mol. The van der Waals surface area contributed by atoms with Crippen LogP contribution < -0.4 is 0 Å². The number of piperidine rings is 1. The molecule has 0 amide bonds. The van der Waals surface area contributed by atoms with Gasteiger partial charge in [-0.25, -0.2) is 0 Å². The summed E-state index contributed by atoms with van der Waals surface area (Å²) in [5.74, 6) is 0. The predicted octanol–water partition coefficient (Wildman–Crippen LogP) is 4.73. The van der Waals surface area contributed by atoms with Gasteiger partial charge in [-0.05, 0) is 50.6 Å². The summed E-state index contributed by atoms with van der Waals surface area (Å²) in [5.41, 5.74) is 0.940. The monoisotopic (exact) mass is 235 g/mol. The molecule has 2 fully saturated rings. The molecule has 98 valence electrons. The summed E-state index contributed by atoms with van der Waals surface area (Å²) < 4.78 is 0. The number of fused-ring (bicyclic) bond motifs is 2. The maximum absolute atomic E-state index is 2.70. The standard InChI is InChI=1S/C16H29N/c1-5-6-7-8-12-17-14-10-9-11-16(17,4)13-15(14,2)3/h8,12,14H,5-7,9-11,13H2,1-4H3/b12-8+/t14-,16+/m0/s1. The van der Waals surface area contributed by atoms with E-state index in [1.54, 1.807) is 0 Å². The first-order chi connectivity index (χ1) is 7.99. The van der Waals surface area contributed by atoms with E-state index in [9.17, 15) is 0 Å². The number of rotatable bonds is 4. The van der Waals surface area contributed by atoms with Gasteiger partial charge in [0.1, 0.15) is 0 Å². The zero-order chi connectivity index (χ0) is 12.5. The molecule has 0 aromatic carbocycles. The molecule has 2 aliphatic heterocycles. The molecular formula is C16H29N. The normalized spacial score (nSPS) is 35.8. The first kappa shape index (κ1) is 13.0. The minimum absolute atomic E-state index is 0.440. The Kier molecular flexibility index (Phi) is 3.56. The molecule has 1 nitrogen and oxygen atoms in total. The van der Waals surface area contributed by atoms with Gasteiger partial charge in [-0.15, -0.1) is 0 Å². The van der Waals surface area contributed by atoms with Gasteiger partial charge in [0.2, 0.25) is 0 Å². The number of hydrogen-bond acceptors (Lipinski definition) is 1. The lowest BCUT2D eigenvalue weighted by Crippen LogP contribution is -2.45. The van der Waals surface area contributed by atoms with Crippen molar-refractivity contribution in [3.8, 4) is 0 Å². The molecule has 0 aliphatic carbocycles.